The summed E-state index contributed by atoms with van der Waals surface area (Å²) in [4.78, 5) is 2.50. The van der Waals surface area contributed by atoms with Crippen LogP contribution in [0, 0.1) is 6.92 Å². The van der Waals surface area contributed by atoms with E-state index in [0.717, 1.165) is 24.1 Å². The van der Waals surface area contributed by atoms with E-state index in [2.05, 4.69) is 81.6 Å². The summed E-state index contributed by atoms with van der Waals surface area (Å²) < 4.78 is 1.16. The van der Waals surface area contributed by atoms with Crippen molar-refractivity contribution in [1.29, 1.82) is 0 Å². The molecule has 0 spiro atoms. The molecule has 21 heavy (non-hydrogen) atoms. The molecule has 0 aromatic heterocycles. The number of halogens is 1. The molecule has 1 atom stereocenters. The van der Waals surface area contributed by atoms with Gasteiger partial charge in [0.15, 0.2) is 0 Å². The predicted octanol–water partition coefficient (Wildman–Crippen LogP) is 4.30. The van der Waals surface area contributed by atoms with Crippen molar-refractivity contribution in [3.8, 4) is 0 Å². The molecule has 0 saturated carbocycles. The number of hydrogen-bond acceptors (Lipinski definition) is 2. The first-order valence-corrected chi connectivity index (χ1v) is 8.32. The number of hydrogen-bond donors (Lipinski definition) is 1. The van der Waals surface area contributed by atoms with Crippen LogP contribution in [0.4, 0.5) is 5.69 Å². The number of aryl methyl sites for hydroxylation is 1. The van der Waals surface area contributed by atoms with Crippen molar-refractivity contribution in [2.24, 2.45) is 0 Å². The minimum atomic E-state index is 0.396. The number of rotatable bonds is 2. The highest BCUT2D eigenvalue weighted by atomic mass is 79.9. The van der Waals surface area contributed by atoms with Gasteiger partial charge in [-0.2, -0.15) is 0 Å². The van der Waals surface area contributed by atoms with Crippen molar-refractivity contribution in [2.45, 2.75) is 19.4 Å². The molecule has 0 bridgehead atoms. The zero-order chi connectivity index (χ0) is 14.7. The lowest BCUT2D eigenvalue weighted by molar-refractivity contribution is 0.570. The molecule has 2 aromatic carbocycles. The summed E-state index contributed by atoms with van der Waals surface area (Å²) in [6.45, 7) is 5.34. The van der Waals surface area contributed by atoms with E-state index in [1.165, 1.54) is 23.2 Å². The van der Waals surface area contributed by atoms with Gasteiger partial charge in [-0.15, -0.1) is 0 Å². The Balaban J connectivity index is 1.85. The fraction of sp³-hybridized carbons (Fsp3) is 0.333. The maximum atomic E-state index is 3.67. The fourth-order valence-electron chi connectivity index (χ4n) is 2.97. The number of anilines is 1. The average molecular weight is 345 g/mol. The SMILES string of the molecule is Cc1cc(Br)cc(N2CCCNC(c3ccccc3)C2)c1. The summed E-state index contributed by atoms with van der Waals surface area (Å²) in [6, 6.07) is 17.8. The third-order valence-electron chi connectivity index (χ3n) is 3.99. The van der Waals surface area contributed by atoms with Gasteiger partial charge in [-0.05, 0) is 49.2 Å². The Morgan fingerprint density at radius 1 is 1.14 bits per heavy atom. The van der Waals surface area contributed by atoms with E-state index in [1.807, 2.05) is 0 Å². The van der Waals surface area contributed by atoms with Crippen molar-refractivity contribution in [1.82, 2.24) is 5.32 Å². The number of nitrogens with one attached hydrogen (secondary N) is 1. The van der Waals surface area contributed by atoms with Crippen molar-refractivity contribution < 1.29 is 0 Å². The van der Waals surface area contributed by atoms with Crippen LogP contribution in [0.25, 0.3) is 0 Å². The van der Waals surface area contributed by atoms with Crippen LogP contribution in [0.2, 0.25) is 0 Å². The Morgan fingerprint density at radius 2 is 1.95 bits per heavy atom. The quantitative estimate of drug-likeness (QED) is 0.873. The standard InChI is InChI=1S/C18H21BrN2/c1-14-10-16(19)12-17(11-14)21-9-5-8-20-18(13-21)15-6-3-2-4-7-15/h2-4,6-7,10-12,18,20H,5,8-9,13H2,1H3. The lowest BCUT2D eigenvalue weighted by atomic mass is 10.1. The van der Waals surface area contributed by atoms with Gasteiger partial charge in [0.25, 0.3) is 0 Å². The van der Waals surface area contributed by atoms with Crippen LogP contribution in [0.3, 0.4) is 0 Å². The molecule has 0 radical (unpaired) electrons. The van der Waals surface area contributed by atoms with E-state index in [9.17, 15) is 0 Å². The third-order valence-corrected chi connectivity index (χ3v) is 4.45. The number of nitrogens with zero attached hydrogens (tertiary/aromatic N) is 1. The summed E-state index contributed by atoms with van der Waals surface area (Å²) in [5.41, 5.74) is 3.98. The molecule has 3 rings (SSSR count). The van der Waals surface area contributed by atoms with Crippen molar-refractivity contribution in [3.63, 3.8) is 0 Å². The second-order valence-corrected chi connectivity index (χ2v) is 6.62. The molecule has 110 valence electrons. The van der Waals surface area contributed by atoms with E-state index >= 15 is 0 Å². The molecular weight excluding hydrogens is 324 g/mol. The van der Waals surface area contributed by atoms with Crippen LogP contribution >= 0.6 is 15.9 Å². The maximum Gasteiger partial charge on any atom is 0.0498 e. The van der Waals surface area contributed by atoms with Crippen molar-refractivity contribution in [2.75, 3.05) is 24.5 Å². The highest BCUT2D eigenvalue weighted by Gasteiger charge is 2.19. The largest absolute Gasteiger partial charge is 0.370 e. The molecule has 1 N–H and O–H groups in total. The second kappa shape index (κ2) is 6.63. The van der Waals surface area contributed by atoms with Crippen LogP contribution in [-0.4, -0.2) is 19.6 Å². The third kappa shape index (κ3) is 3.66. The van der Waals surface area contributed by atoms with Crippen LogP contribution in [0.15, 0.2) is 53.0 Å². The van der Waals surface area contributed by atoms with Gasteiger partial charge in [0, 0.05) is 29.3 Å². The summed E-state index contributed by atoms with van der Waals surface area (Å²) in [6.07, 6.45) is 1.18. The molecule has 2 aromatic rings. The molecule has 1 aliphatic heterocycles. The first-order chi connectivity index (χ1) is 10.2. The minimum absolute atomic E-state index is 0.396. The Hall–Kier alpha value is -1.32. The molecule has 2 nitrogen and oxygen atoms in total. The molecule has 0 amide bonds. The Kier molecular flexibility index (Phi) is 4.61. The smallest absolute Gasteiger partial charge is 0.0498 e. The second-order valence-electron chi connectivity index (χ2n) is 5.70. The van der Waals surface area contributed by atoms with Gasteiger partial charge in [0.1, 0.15) is 0 Å². The van der Waals surface area contributed by atoms with E-state index in [-0.39, 0.29) is 0 Å². The van der Waals surface area contributed by atoms with E-state index in [4.69, 9.17) is 0 Å². The van der Waals surface area contributed by atoms with Gasteiger partial charge in [0.05, 0.1) is 0 Å². The zero-order valence-corrected chi connectivity index (χ0v) is 13.9. The average Bonchev–Trinajstić information content (AvgIpc) is 2.73. The van der Waals surface area contributed by atoms with E-state index < -0.39 is 0 Å². The normalized spacial score (nSPS) is 19.3. The molecule has 0 aliphatic carbocycles. The van der Waals surface area contributed by atoms with Gasteiger partial charge < -0.3 is 10.2 Å². The van der Waals surface area contributed by atoms with Crippen LogP contribution in [0.1, 0.15) is 23.6 Å². The monoisotopic (exact) mass is 344 g/mol. The van der Waals surface area contributed by atoms with Crippen molar-refractivity contribution >= 4 is 21.6 Å². The molecule has 3 heteroatoms. The van der Waals surface area contributed by atoms with Gasteiger partial charge in [0.2, 0.25) is 0 Å². The van der Waals surface area contributed by atoms with Crippen LogP contribution < -0.4 is 10.2 Å². The summed E-state index contributed by atoms with van der Waals surface area (Å²) in [7, 11) is 0. The Labute approximate surface area is 135 Å². The van der Waals surface area contributed by atoms with Gasteiger partial charge in [-0.3, -0.25) is 0 Å². The lowest BCUT2D eigenvalue weighted by Gasteiger charge is -2.27. The highest BCUT2D eigenvalue weighted by Crippen LogP contribution is 2.26. The molecule has 1 aliphatic rings. The first kappa shape index (κ1) is 14.6. The zero-order valence-electron chi connectivity index (χ0n) is 12.3. The van der Waals surface area contributed by atoms with E-state index in [1.54, 1.807) is 0 Å². The Bertz CT molecular complexity index is 577. The minimum Gasteiger partial charge on any atom is -0.370 e. The van der Waals surface area contributed by atoms with Crippen molar-refractivity contribution in [3.05, 3.63) is 64.1 Å². The predicted molar refractivity (Wildman–Crippen MR) is 92.9 cm³/mol. The van der Waals surface area contributed by atoms with Crippen LogP contribution in [-0.2, 0) is 0 Å². The fourth-order valence-corrected chi connectivity index (χ4v) is 3.56. The van der Waals surface area contributed by atoms with Crippen LogP contribution in [0.5, 0.6) is 0 Å². The van der Waals surface area contributed by atoms with Gasteiger partial charge in [-0.25, -0.2) is 0 Å². The molecular formula is C18H21BrN2. The molecule has 1 saturated heterocycles. The lowest BCUT2D eigenvalue weighted by Crippen LogP contribution is -2.31. The van der Waals surface area contributed by atoms with Gasteiger partial charge >= 0.3 is 0 Å². The first-order valence-electron chi connectivity index (χ1n) is 7.53. The summed E-state index contributed by atoms with van der Waals surface area (Å²) in [5, 5.41) is 3.67. The maximum absolute atomic E-state index is 3.67. The summed E-state index contributed by atoms with van der Waals surface area (Å²) >= 11 is 3.62. The molecule has 1 fully saturated rings. The molecule has 1 unspecified atom stereocenters. The van der Waals surface area contributed by atoms with Gasteiger partial charge in [-0.1, -0.05) is 46.3 Å². The summed E-state index contributed by atoms with van der Waals surface area (Å²) in [5.74, 6) is 0. The van der Waals surface area contributed by atoms with E-state index in [0.29, 0.717) is 6.04 Å². The topological polar surface area (TPSA) is 15.3 Å². The Morgan fingerprint density at radius 3 is 2.71 bits per heavy atom. The highest BCUT2D eigenvalue weighted by molar-refractivity contribution is 9.10. The number of benzene rings is 2. The molecule has 1 heterocycles.